The Hall–Kier alpha value is -3.02. The van der Waals surface area contributed by atoms with Gasteiger partial charge in [0.05, 0.1) is 5.56 Å². The van der Waals surface area contributed by atoms with Gasteiger partial charge in [0, 0.05) is 43.2 Å². The minimum absolute atomic E-state index is 0.00371. The second-order valence-corrected chi connectivity index (χ2v) is 8.15. The number of anilines is 3. The first kappa shape index (κ1) is 22.7. The number of amides is 3. The summed E-state index contributed by atoms with van der Waals surface area (Å²) >= 11 is 0. The number of nitrogens with one attached hydrogen (secondary N) is 2. The van der Waals surface area contributed by atoms with E-state index in [4.69, 9.17) is 0 Å². The van der Waals surface area contributed by atoms with Gasteiger partial charge in [-0.25, -0.2) is 4.79 Å². The number of carbonyl (C=O) groups excluding carboxylic acids is 2. The van der Waals surface area contributed by atoms with E-state index in [0.29, 0.717) is 24.3 Å². The first-order valence-corrected chi connectivity index (χ1v) is 11.3. The van der Waals surface area contributed by atoms with Crippen LogP contribution in [-0.4, -0.2) is 43.0 Å². The van der Waals surface area contributed by atoms with E-state index < -0.39 is 0 Å². The second kappa shape index (κ2) is 10.3. The Morgan fingerprint density at radius 1 is 0.935 bits per heavy atom. The molecule has 0 unspecified atom stereocenters. The number of nitrogens with zero attached hydrogens (tertiary/aromatic N) is 2. The molecule has 2 aromatic rings. The number of hydrogen-bond donors (Lipinski definition) is 2. The lowest BCUT2D eigenvalue weighted by Crippen LogP contribution is -2.35. The third-order valence-electron chi connectivity index (χ3n) is 5.86. The van der Waals surface area contributed by atoms with Crippen molar-refractivity contribution in [1.29, 1.82) is 0 Å². The molecule has 1 aliphatic heterocycles. The highest BCUT2D eigenvalue weighted by Crippen LogP contribution is 2.28. The van der Waals surface area contributed by atoms with Crippen LogP contribution in [0.4, 0.5) is 21.9 Å². The molecule has 0 spiro atoms. The summed E-state index contributed by atoms with van der Waals surface area (Å²) in [5.74, 6) is 0.00371. The molecule has 2 aromatic carbocycles. The van der Waals surface area contributed by atoms with Crippen molar-refractivity contribution in [2.24, 2.45) is 0 Å². The molecule has 1 aliphatic rings. The molecule has 6 nitrogen and oxygen atoms in total. The van der Waals surface area contributed by atoms with Gasteiger partial charge in [0.15, 0.2) is 0 Å². The number of rotatable bonds is 6. The molecule has 1 heterocycles. The van der Waals surface area contributed by atoms with Gasteiger partial charge >= 0.3 is 6.03 Å². The molecule has 6 heteroatoms. The average Bonchev–Trinajstić information content (AvgIpc) is 2.77. The van der Waals surface area contributed by atoms with E-state index in [9.17, 15) is 9.59 Å². The number of piperidine rings is 1. The molecule has 166 valence electrons. The minimum Gasteiger partial charge on any atom is -0.371 e. The molecular weight excluding hydrogens is 388 g/mol. The predicted octanol–water partition coefficient (Wildman–Crippen LogP) is 5.42. The van der Waals surface area contributed by atoms with Crippen LogP contribution in [0.3, 0.4) is 0 Å². The lowest BCUT2D eigenvalue weighted by Gasteiger charge is -2.31. The summed E-state index contributed by atoms with van der Waals surface area (Å²) in [6.07, 6.45) is 3.50. The maximum absolute atomic E-state index is 13.2. The van der Waals surface area contributed by atoms with Crippen LogP contribution in [0.25, 0.3) is 0 Å². The molecule has 0 aromatic heterocycles. The molecule has 2 N–H and O–H groups in total. The second-order valence-electron chi connectivity index (χ2n) is 8.15. The van der Waals surface area contributed by atoms with E-state index >= 15 is 0 Å². The van der Waals surface area contributed by atoms with Gasteiger partial charge in [0.25, 0.3) is 5.91 Å². The highest BCUT2D eigenvalue weighted by Gasteiger charge is 2.22. The van der Waals surface area contributed by atoms with Gasteiger partial charge in [-0.2, -0.15) is 0 Å². The molecule has 31 heavy (non-hydrogen) atoms. The van der Waals surface area contributed by atoms with Gasteiger partial charge in [-0.05, 0) is 76.8 Å². The molecule has 0 bridgehead atoms. The summed E-state index contributed by atoms with van der Waals surface area (Å²) in [5, 5.41) is 5.80. The maximum atomic E-state index is 13.2. The number of urea groups is 1. The Morgan fingerprint density at radius 3 is 2.29 bits per heavy atom. The largest absolute Gasteiger partial charge is 0.371 e. The zero-order chi connectivity index (χ0) is 22.4. The summed E-state index contributed by atoms with van der Waals surface area (Å²) < 4.78 is 0. The van der Waals surface area contributed by atoms with Crippen molar-refractivity contribution in [3.63, 3.8) is 0 Å². The van der Waals surface area contributed by atoms with Crippen LogP contribution in [0.15, 0.2) is 36.4 Å². The fourth-order valence-electron chi connectivity index (χ4n) is 4.12. The predicted molar refractivity (Wildman–Crippen MR) is 128 cm³/mol. The van der Waals surface area contributed by atoms with Crippen molar-refractivity contribution < 1.29 is 9.59 Å². The molecule has 0 radical (unpaired) electrons. The van der Waals surface area contributed by atoms with Crippen LogP contribution in [0.5, 0.6) is 0 Å². The van der Waals surface area contributed by atoms with Crippen molar-refractivity contribution in [3.05, 3.63) is 53.1 Å². The van der Waals surface area contributed by atoms with E-state index in [1.807, 2.05) is 69.0 Å². The number of benzene rings is 2. The van der Waals surface area contributed by atoms with E-state index in [-0.39, 0.29) is 11.9 Å². The van der Waals surface area contributed by atoms with Crippen molar-refractivity contribution in [2.75, 3.05) is 41.7 Å². The highest BCUT2D eigenvalue weighted by atomic mass is 16.2. The lowest BCUT2D eigenvalue weighted by molar-refractivity contribution is 0.0773. The van der Waals surface area contributed by atoms with Gasteiger partial charge in [0.2, 0.25) is 0 Å². The minimum atomic E-state index is -0.320. The van der Waals surface area contributed by atoms with Gasteiger partial charge in [-0.1, -0.05) is 17.7 Å². The summed E-state index contributed by atoms with van der Waals surface area (Å²) in [7, 11) is 0. The van der Waals surface area contributed by atoms with Crippen molar-refractivity contribution in [1.82, 2.24) is 4.90 Å². The van der Waals surface area contributed by atoms with Crippen LogP contribution < -0.4 is 15.5 Å². The van der Waals surface area contributed by atoms with Gasteiger partial charge in [-0.15, -0.1) is 0 Å². The summed E-state index contributed by atoms with van der Waals surface area (Å²) in [6.45, 7) is 11.2. The van der Waals surface area contributed by atoms with Gasteiger partial charge < -0.3 is 20.4 Å². The number of aryl methyl sites for hydroxylation is 2. The van der Waals surface area contributed by atoms with E-state index in [1.54, 1.807) is 0 Å². The highest BCUT2D eigenvalue weighted by molar-refractivity contribution is 6.04. The van der Waals surface area contributed by atoms with Crippen LogP contribution in [0.1, 0.15) is 54.6 Å². The SMILES string of the molecule is CCN(CC)C(=O)c1cc(NC(=O)Nc2ccc(C)cc2C)ccc1N1CCCCC1. The smallest absolute Gasteiger partial charge is 0.323 e. The van der Waals surface area contributed by atoms with Crippen LogP contribution in [0.2, 0.25) is 0 Å². The molecule has 1 fully saturated rings. The van der Waals surface area contributed by atoms with E-state index in [0.717, 1.165) is 48.4 Å². The summed E-state index contributed by atoms with van der Waals surface area (Å²) in [5.41, 5.74) is 5.14. The average molecular weight is 423 g/mol. The Kier molecular flexibility index (Phi) is 7.55. The number of hydrogen-bond acceptors (Lipinski definition) is 3. The van der Waals surface area contributed by atoms with Crippen LogP contribution in [-0.2, 0) is 0 Å². The molecule has 0 saturated carbocycles. The van der Waals surface area contributed by atoms with Gasteiger partial charge in [-0.3, -0.25) is 4.79 Å². The Labute approximate surface area is 185 Å². The standard InChI is InChI=1S/C25H34N4O2/c1-5-28(6-2)24(30)21-17-20(11-13-23(21)29-14-8-7-9-15-29)26-25(31)27-22-12-10-18(3)16-19(22)4/h10-13,16-17H,5-9,14-15H2,1-4H3,(H2,26,27,31). The molecule has 1 saturated heterocycles. The van der Waals surface area contributed by atoms with E-state index in [2.05, 4.69) is 15.5 Å². The number of carbonyl (C=O) groups is 2. The van der Waals surface area contributed by atoms with Crippen molar-refractivity contribution >= 4 is 29.0 Å². The Balaban J connectivity index is 1.84. The zero-order valence-corrected chi connectivity index (χ0v) is 19.1. The summed E-state index contributed by atoms with van der Waals surface area (Å²) in [6, 6.07) is 11.2. The summed E-state index contributed by atoms with van der Waals surface area (Å²) in [4.78, 5) is 30.0. The quantitative estimate of drug-likeness (QED) is 0.653. The first-order valence-electron chi connectivity index (χ1n) is 11.3. The Morgan fingerprint density at radius 2 is 1.65 bits per heavy atom. The molecular formula is C25H34N4O2. The molecule has 3 amide bonds. The van der Waals surface area contributed by atoms with E-state index in [1.165, 1.54) is 6.42 Å². The third kappa shape index (κ3) is 5.57. The van der Waals surface area contributed by atoms with Crippen molar-refractivity contribution in [3.8, 4) is 0 Å². The Bertz CT molecular complexity index is 931. The third-order valence-corrected chi connectivity index (χ3v) is 5.86. The monoisotopic (exact) mass is 422 g/mol. The molecule has 3 rings (SSSR count). The fraction of sp³-hybridized carbons (Fsp3) is 0.440. The molecule has 0 aliphatic carbocycles. The van der Waals surface area contributed by atoms with Crippen LogP contribution in [0, 0.1) is 13.8 Å². The van der Waals surface area contributed by atoms with Crippen molar-refractivity contribution in [2.45, 2.75) is 47.0 Å². The molecule has 0 atom stereocenters. The first-order chi connectivity index (χ1) is 14.9. The topological polar surface area (TPSA) is 64.7 Å². The zero-order valence-electron chi connectivity index (χ0n) is 19.1. The van der Waals surface area contributed by atoms with Crippen LogP contribution >= 0.6 is 0 Å². The lowest BCUT2D eigenvalue weighted by atomic mass is 10.1. The fourth-order valence-corrected chi connectivity index (χ4v) is 4.12. The normalized spacial score (nSPS) is 13.6. The van der Waals surface area contributed by atoms with Gasteiger partial charge in [0.1, 0.15) is 0 Å². The maximum Gasteiger partial charge on any atom is 0.323 e.